The Hall–Kier alpha value is -1.52. The van der Waals surface area contributed by atoms with Crippen molar-refractivity contribution in [1.29, 1.82) is 0 Å². The van der Waals surface area contributed by atoms with Crippen LogP contribution in [-0.4, -0.2) is 5.91 Å². The molecule has 1 aliphatic heterocycles. The number of alkyl halides is 3. The molecule has 1 aromatic rings. The molecule has 1 spiro atoms. The van der Waals surface area contributed by atoms with Crippen LogP contribution in [0.5, 0.6) is 0 Å². The van der Waals surface area contributed by atoms with Crippen LogP contribution < -0.4 is 5.32 Å². The van der Waals surface area contributed by atoms with Crippen molar-refractivity contribution < 1.29 is 18.0 Å². The largest absolute Gasteiger partial charge is 0.418 e. The molecular weight excluding hydrogens is 255 g/mol. The molecule has 1 aromatic carbocycles. The van der Waals surface area contributed by atoms with Crippen molar-refractivity contribution in [3.63, 3.8) is 0 Å². The Morgan fingerprint density at radius 1 is 1.11 bits per heavy atom. The van der Waals surface area contributed by atoms with Crippen molar-refractivity contribution in [3.8, 4) is 0 Å². The molecule has 0 atom stereocenters. The Kier molecular flexibility index (Phi) is 2.62. The summed E-state index contributed by atoms with van der Waals surface area (Å²) in [5.74, 6) is -0.265. The lowest BCUT2D eigenvalue weighted by Crippen LogP contribution is -2.36. The second kappa shape index (κ2) is 3.99. The van der Waals surface area contributed by atoms with E-state index in [0.29, 0.717) is 18.4 Å². The number of carbonyl (C=O) groups excluding carboxylic acids is 1. The number of hydrogen-bond donors (Lipinski definition) is 1. The molecule has 0 bridgehead atoms. The van der Waals surface area contributed by atoms with Crippen LogP contribution >= 0.6 is 0 Å². The molecule has 2 nitrogen and oxygen atoms in total. The highest BCUT2D eigenvalue weighted by atomic mass is 19.4. The number of nitrogens with one attached hydrogen (secondary N) is 1. The maximum absolute atomic E-state index is 13.0. The van der Waals surface area contributed by atoms with Gasteiger partial charge >= 0.3 is 6.18 Å². The van der Waals surface area contributed by atoms with E-state index in [1.165, 1.54) is 6.07 Å². The van der Waals surface area contributed by atoms with E-state index >= 15 is 0 Å². The summed E-state index contributed by atoms with van der Waals surface area (Å²) in [6.45, 7) is 0. The normalized spacial score (nSPS) is 21.3. The SMILES string of the molecule is O=C1Nc2c(C(F)(F)F)cccc2C12CCCCC2. The van der Waals surface area contributed by atoms with Crippen LogP contribution in [0.1, 0.15) is 43.2 Å². The van der Waals surface area contributed by atoms with Gasteiger partial charge in [-0.3, -0.25) is 4.79 Å². The van der Waals surface area contributed by atoms with Crippen molar-refractivity contribution in [2.24, 2.45) is 0 Å². The van der Waals surface area contributed by atoms with E-state index in [1.54, 1.807) is 6.07 Å². The minimum atomic E-state index is -4.43. The molecule has 0 radical (unpaired) electrons. The van der Waals surface area contributed by atoms with Crippen LogP contribution in [0.3, 0.4) is 0 Å². The smallest absolute Gasteiger partial charge is 0.324 e. The Morgan fingerprint density at radius 2 is 1.79 bits per heavy atom. The first-order valence-electron chi connectivity index (χ1n) is 6.47. The van der Waals surface area contributed by atoms with Gasteiger partial charge in [-0.2, -0.15) is 13.2 Å². The van der Waals surface area contributed by atoms with Gasteiger partial charge in [0.15, 0.2) is 0 Å². The Labute approximate surface area is 109 Å². The van der Waals surface area contributed by atoms with Crippen LogP contribution in [0.15, 0.2) is 18.2 Å². The average Bonchev–Trinajstić information content (AvgIpc) is 2.63. The third kappa shape index (κ3) is 1.75. The van der Waals surface area contributed by atoms with Gasteiger partial charge < -0.3 is 5.32 Å². The Morgan fingerprint density at radius 3 is 2.42 bits per heavy atom. The van der Waals surface area contributed by atoms with Gasteiger partial charge in [0.05, 0.1) is 16.7 Å². The average molecular weight is 269 g/mol. The summed E-state index contributed by atoms with van der Waals surface area (Å²) in [6.07, 6.45) is -0.311. The first-order chi connectivity index (χ1) is 8.95. The molecule has 2 aliphatic rings. The fourth-order valence-corrected chi connectivity index (χ4v) is 3.33. The summed E-state index contributed by atoms with van der Waals surface area (Å²) in [6, 6.07) is 4.09. The molecule has 1 saturated carbocycles. The van der Waals surface area contributed by atoms with Crippen molar-refractivity contribution in [3.05, 3.63) is 29.3 Å². The number of para-hydroxylation sites is 1. The summed E-state index contributed by atoms with van der Waals surface area (Å²) < 4.78 is 38.9. The van der Waals surface area contributed by atoms with Gasteiger partial charge in [-0.25, -0.2) is 0 Å². The van der Waals surface area contributed by atoms with Gasteiger partial charge in [-0.1, -0.05) is 31.4 Å². The Balaban J connectivity index is 2.15. The maximum atomic E-state index is 13.0. The fourth-order valence-electron chi connectivity index (χ4n) is 3.33. The molecule has 0 unspecified atom stereocenters. The molecular formula is C14H14F3NO. The zero-order valence-corrected chi connectivity index (χ0v) is 10.3. The molecule has 5 heteroatoms. The number of hydrogen-bond acceptors (Lipinski definition) is 1. The van der Waals surface area contributed by atoms with Gasteiger partial charge in [0.2, 0.25) is 5.91 Å². The van der Waals surface area contributed by atoms with E-state index in [-0.39, 0.29) is 11.6 Å². The van der Waals surface area contributed by atoms with E-state index < -0.39 is 17.2 Å². The first-order valence-corrected chi connectivity index (χ1v) is 6.47. The third-order valence-corrected chi connectivity index (χ3v) is 4.27. The molecule has 3 rings (SSSR count). The van der Waals surface area contributed by atoms with Crippen LogP contribution in [0.2, 0.25) is 0 Å². The standard InChI is InChI=1S/C14H14F3NO/c15-14(16,17)10-6-4-5-9-11(10)18-12(19)13(9)7-2-1-3-8-13/h4-6H,1-3,7-8H2,(H,18,19). The van der Waals surface area contributed by atoms with Gasteiger partial charge in [-0.05, 0) is 24.5 Å². The van der Waals surface area contributed by atoms with Crippen molar-refractivity contribution in [2.75, 3.05) is 5.32 Å². The number of carbonyl (C=O) groups is 1. The summed E-state index contributed by atoms with van der Waals surface area (Å²) in [5, 5.41) is 2.47. The van der Waals surface area contributed by atoms with Gasteiger partial charge in [0.25, 0.3) is 0 Å². The summed E-state index contributed by atoms with van der Waals surface area (Å²) in [5.41, 5.74) is -0.954. The lowest BCUT2D eigenvalue weighted by Gasteiger charge is -2.31. The van der Waals surface area contributed by atoms with Gasteiger partial charge in [0.1, 0.15) is 0 Å². The van der Waals surface area contributed by atoms with Gasteiger partial charge in [-0.15, -0.1) is 0 Å². The number of anilines is 1. The lowest BCUT2D eigenvalue weighted by atomic mass is 9.70. The molecule has 1 heterocycles. The van der Waals surface area contributed by atoms with Crippen molar-refractivity contribution in [2.45, 2.75) is 43.7 Å². The van der Waals surface area contributed by atoms with E-state index in [4.69, 9.17) is 0 Å². The number of rotatable bonds is 0. The summed E-state index contributed by atoms with van der Waals surface area (Å²) in [7, 11) is 0. The van der Waals surface area contributed by atoms with Crippen LogP contribution in [0, 0.1) is 0 Å². The molecule has 19 heavy (non-hydrogen) atoms. The van der Waals surface area contributed by atoms with Crippen molar-refractivity contribution in [1.82, 2.24) is 0 Å². The first kappa shape index (κ1) is 12.5. The predicted molar refractivity (Wildman–Crippen MR) is 64.8 cm³/mol. The monoisotopic (exact) mass is 269 g/mol. The quantitative estimate of drug-likeness (QED) is 0.761. The van der Waals surface area contributed by atoms with Crippen molar-refractivity contribution >= 4 is 11.6 Å². The third-order valence-electron chi connectivity index (χ3n) is 4.27. The van der Waals surface area contributed by atoms with Crippen LogP contribution in [0.25, 0.3) is 0 Å². The topological polar surface area (TPSA) is 29.1 Å². The zero-order valence-electron chi connectivity index (χ0n) is 10.3. The molecule has 0 aromatic heterocycles. The molecule has 1 aliphatic carbocycles. The molecule has 0 saturated heterocycles. The van der Waals surface area contributed by atoms with Crippen LogP contribution in [0.4, 0.5) is 18.9 Å². The summed E-state index contributed by atoms with van der Waals surface area (Å²) >= 11 is 0. The molecule has 1 fully saturated rings. The minimum Gasteiger partial charge on any atom is -0.324 e. The van der Waals surface area contributed by atoms with E-state index in [2.05, 4.69) is 5.32 Å². The predicted octanol–water partition coefficient (Wildman–Crippen LogP) is 3.86. The zero-order chi connectivity index (χ0) is 13.7. The second-order valence-corrected chi connectivity index (χ2v) is 5.32. The molecule has 1 N–H and O–H groups in total. The number of fused-ring (bicyclic) bond motifs is 2. The minimum absolute atomic E-state index is 0.0260. The van der Waals surface area contributed by atoms with Gasteiger partial charge in [0, 0.05) is 0 Å². The molecule has 102 valence electrons. The fraction of sp³-hybridized carbons (Fsp3) is 0.500. The maximum Gasteiger partial charge on any atom is 0.418 e. The number of halogens is 3. The second-order valence-electron chi connectivity index (χ2n) is 5.32. The Bertz CT molecular complexity index is 530. The number of benzene rings is 1. The van der Waals surface area contributed by atoms with E-state index in [0.717, 1.165) is 25.3 Å². The highest BCUT2D eigenvalue weighted by molar-refractivity contribution is 6.07. The highest BCUT2D eigenvalue weighted by Gasteiger charge is 2.50. The van der Waals surface area contributed by atoms with E-state index in [1.807, 2.05) is 0 Å². The van der Waals surface area contributed by atoms with Crippen LogP contribution in [-0.2, 0) is 16.4 Å². The lowest BCUT2D eigenvalue weighted by molar-refractivity contribution is -0.136. The number of amides is 1. The van der Waals surface area contributed by atoms with E-state index in [9.17, 15) is 18.0 Å². The summed E-state index contributed by atoms with van der Waals surface area (Å²) in [4.78, 5) is 12.2. The highest BCUT2D eigenvalue weighted by Crippen LogP contribution is 2.50. The molecule has 1 amide bonds.